The summed E-state index contributed by atoms with van der Waals surface area (Å²) in [6, 6.07) is 0.891. The zero-order valence-corrected chi connectivity index (χ0v) is 11.0. The average Bonchev–Trinajstić information content (AvgIpc) is 3.01. The molecule has 0 aromatic heterocycles. The van der Waals surface area contributed by atoms with Crippen molar-refractivity contribution in [1.82, 2.24) is 10.2 Å². The summed E-state index contributed by atoms with van der Waals surface area (Å²) in [7, 11) is 2.28. The van der Waals surface area contributed by atoms with Gasteiger partial charge in [-0.2, -0.15) is 0 Å². The summed E-state index contributed by atoms with van der Waals surface area (Å²) in [4.78, 5) is 2.55. The molecule has 1 N–H and O–H groups in total. The third-order valence-electron chi connectivity index (χ3n) is 3.63. The van der Waals surface area contributed by atoms with E-state index in [4.69, 9.17) is 0 Å². The highest BCUT2D eigenvalue weighted by atomic mass is 15.2. The molecule has 1 aliphatic rings. The molecular formula is C13H28N2. The molecule has 0 aromatic rings. The number of rotatable bonds is 8. The van der Waals surface area contributed by atoms with E-state index in [1.54, 1.807) is 0 Å². The smallest absolute Gasteiger partial charge is 0.00936 e. The highest BCUT2D eigenvalue weighted by molar-refractivity contribution is 4.87. The molecule has 1 unspecified atom stereocenters. The molecule has 0 saturated heterocycles. The fourth-order valence-corrected chi connectivity index (χ4v) is 2.11. The molecule has 1 fully saturated rings. The van der Waals surface area contributed by atoms with Crippen molar-refractivity contribution in [2.75, 3.05) is 26.7 Å². The van der Waals surface area contributed by atoms with Gasteiger partial charge in [-0.3, -0.25) is 0 Å². The molecule has 0 heterocycles. The summed E-state index contributed by atoms with van der Waals surface area (Å²) in [6.45, 7) is 10.5. The van der Waals surface area contributed by atoms with E-state index in [1.165, 1.54) is 32.2 Å². The number of nitrogens with zero attached hydrogens (tertiary/aromatic N) is 1. The first-order valence-electron chi connectivity index (χ1n) is 6.52. The van der Waals surface area contributed by atoms with Gasteiger partial charge in [0.2, 0.25) is 0 Å². The summed E-state index contributed by atoms with van der Waals surface area (Å²) in [5.41, 5.74) is 0.451. The van der Waals surface area contributed by atoms with Crippen molar-refractivity contribution >= 4 is 0 Å². The molecule has 15 heavy (non-hydrogen) atoms. The van der Waals surface area contributed by atoms with Crippen molar-refractivity contribution in [3.8, 4) is 0 Å². The normalized spacial score (nSPS) is 20.6. The van der Waals surface area contributed by atoms with Gasteiger partial charge in [0.25, 0.3) is 0 Å². The van der Waals surface area contributed by atoms with Crippen molar-refractivity contribution in [2.24, 2.45) is 5.41 Å². The summed E-state index contributed by atoms with van der Waals surface area (Å²) in [6.07, 6.45) is 5.33. The fourth-order valence-electron chi connectivity index (χ4n) is 2.11. The Morgan fingerprint density at radius 1 is 1.33 bits per heavy atom. The maximum absolute atomic E-state index is 3.56. The molecule has 0 aliphatic heterocycles. The van der Waals surface area contributed by atoms with E-state index >= 15 is 0 Å². The quantitative estimate of drug-likeness (QED) is 0.622. The molecular weight excluding hydrogens is 184 g/mol. The maximum Gasteiger partial charge on any atom is 0.00936 e. The highest BCUT2D eigenvalue weighted by Crippen LogP contribution is 2.30. The molecule has 0 spiro atoms. The maximum atomic E-state index is 3.56. The van der Waals surface area contributed by atoms with Gasteiger partial charge >= 0.3 is 0 Å². The first kappa shape index (κ1) is 13.0. The van der Waals surface area contributed by atoms with Crippen LogP contribution in [0.1, 0.15) is 46.5 Å². The minimum atomic E-state index is 0.451. The topological polar surface area (TPSA) is 15.3 Å². The summed E-state index contributed by atoms with van der Waals surface area (Å²) in [5.74, 6) is 0. The van der Waals surface area contributed by atoms with Crippen molar-refractivity contribution in [2.45, 2.75) is 52.5 Å². The van der Waals surface area contributed by atoms with Crippen molar-refractivity contribution in [3.05, 3.63) is 0 Å². The first-order valence-corrected chi connectivity index (χ1v) is 6.52. The molecule has 0 radical (unpaired) electrons. The minimum Gasteiger partial charge on any atom is -0.316 e. The third kappa shape index (κ3) is 4.52. The Morgan fingerprint density at radius 3 is 2.47 bits per heavy atom. The van der Waals surface area contributed by atoms with E-state index in [2.05, 4.69) is 38.0 Å². The highest BCUT2D eigenvalue weighted by Gasteiger charge is 2.31. The second-order valence-electron chi connectivity index (χ2n) is 5.49. The van der Waals surface area contributed by atoms with Gasteiger partial charge in [0.15, 0.2) is 0 Å². The lowest BCUT2D eigenvalue weighted by Crippen LogP contribution is -2.41. The lowest BCUT2D eigenvalue weighted by Gasteiger charge is -2.33. The summed E-state index contributed by atoms with van der Waals surface area (Å²) < 4.78 is 0. The van der Waals surface area contributed by atoms with Gasteiger partial charge in [-0.25, -0.2) is 0 Å². The molecule has 0 bridgehead atoms. The standard InChI is InChI=1S/C13H28N2/c1-5-9-14-10-13(3,6-2)11-15(4)12-7-8-12/h12,14H,5-11H2,1-4H3. The predicted octanol–water partition coefficient (Wildman–Crippen LogP) is 2.50. The monoisotopic (exact) mass is 212 g/mol. The van der Waals surface area contributed by atoms with Crippen LogP contribution < -0.4 is 5.32 Å². The van der Waals surface area contributed by atoms with Crippen LogP contribution in [0, 0.1) is 5.41 Å². The number of hydrogen-bond donors (Lipinski definition) is 1. The van der Waals surface area contributed by atoms with Crippen molar-refractivity contribution in [3.63, 3.8) is 0 Å². The van der Waals surface area contributed by atoms with E-state index in [1.807, 2.05) is 0 Å². The molecule has 0 aromatic carbocycles. The molecule has 2 nitrogen and oxygen atoms in total. The second-order valence-corrected chi connectivity index (χ2v) is 5.49. The van der Waals surface area contributed by atoms with E-state index in [-0.39, 0.29) is 0 Å². The Labute approximate surface area is 95.4 Å². The van der Waals surface area contributed by atoms with E-state index < -0.39 is 0 Å². The van der Waals surface area contributed by atoms with Crippen LogP contribution in [0.3, 0.4) is 0 Å². The van der Waals surface area contributed by atoms with Crippen LogP contribution in [-0.2, 0) is 0 Å². The third-order valence-corrected chi connectivity index (χ3v) is 3.63. The van der Waals surface area contributed by atoms with Gasteiger partial charge in [-0.15, -0.1) is 0 Å². The zero-order chi connectivity index (χ0) is 11.3. The Kier molecular flexibility index (Phi) is 5.07. The Bertz CT molecular complexity index is 177. The van der Waals surface area contributed by atoms with Gasteiger partial charge in [0, 0.05) is 19.1 Å². The average molecular weight is 212 g/mol. The van der Waals surface area contributed by atoms with Crippen LogP contribution in [-0.4, -0.2) is 37.6 Å². The molecule has 1 aliphatic carbocycles. The van der Waals surface area contributed by atoms with Gasteiger partial charge < -0.3 is 10.2 Å². The van der Waals surface area contributed by atoms with Crippen LogP contribution in [0.25, 0.3) is 0 Å². The Morgan fingerprint density at radius 2 is 2.00 bits per heavy atom. The largest absolute Gasteiger partial charge is 0.316 e. The SMILES string of the molecule is CCCNCC(C)(CC)CN(C)C1CC1. The van der Waals surface area contributed by atoms with Crippen molar-refractivity contribution < 1.29 is 0 Å². The van der Waals surface area contributed by atoms with Gasteiger partial charge in [-0.1, -0.05) is 20.8 Å². The van der Waals surface area contributed by atoms with Gasteiger partial charge in [0.05, 0.1) is 0 Å². The minimum absolute atomic E-state index is 0.451. The number of hydrogen-bond acceptors (Lipinski definition) is 2. The van der Waals surface area contributed by atoms with Crippen LogP contribution in [0.5, 0.6) is 0 Å². The molecule has 2 heteroatoms. The van der Waals surface area contributed by atoms with Crippen molar-refractivity contribution in [1.29, 1.82) is 0 Å². The molecule has 1 atom stereocenters. The zero-order valence-electron chi connectivity index (χ0n) is 11.0. The van der Waals surface area contributed by atoms with Crippen LogP contribution >= 0.6 is 0 Å². The van der Waals surface area contributed by atoms with E-state index in [0.29, 0.717) is 5.41 Å². The van der Waals surface area contributed by atoms with Crippen LogP contribution in [0.2, 0.25) is 0 Å². The molecule has 1 saturated carbocycles. The lowest BCUT2D eigenvalue weighted by molar-refractivity contribution is 0.174. The molecule has 1 rings (SSSR count). The lowest BCUT2D eigenvalue weighted by atomic mass is 9.86. The van der Waals surface area contributed by atoms with E-state index in [9.17, 15) is 0 Å². The fraction of sp³-hybridized carbons (Fsp3) is 1.00. The van der Waals surface area contributed by atoms with E-state index in [0.717, 1.165) is 19.1 Å². The Balaban J connectivity index is 2.29. The summed E-state index contributed by atoms with van der Waals surface area (Å²) >= 11 is 0. The predicted molar refractivity (Wildman–Crippen MR) is 67.2 cm³/mol. The first-order chi connectivity index (χ1) is 7.11. The summed E-state index contributed by atoms with van der Waals surface area (Å²) in [5, 5.41) is 3.56. The molecule has 0 amide bonds. The van der Waals surface area contributed by atoms with Gasteiger partial charge in [-0.05, 0) is 44.7 Å². The second kappa shape index (κ2) is 5.86. The van der Waals surface area contributed by atoms with Gasteiger partial charge in [0.1, 0.15) is 0 Å². The van der Waals surface area contributed by atoms with Crippen LogP contribution in [0.15, 0.2) is 0 Å². The number of nitrogens with one attached hydrogen (secondary N) is 1. The van der Waals surface area contributed by atoms with Crippen LogP contribution in [0.4, 0.5) is 0 Å². The Hall–Kier alpha value is -0.0800. The molecule has 90 valence electrons.